The molecule has 0 radical (unpaired) electrons. The molecule has 156 valence electrons. The highest BCUT2D eigenvalue weighted by Crippen LogP contribution is 2.26. The van der Waals surface area contributed by atoms with Crippen molar-refractivity contribution in [3.63, 3.8) is 0 Å². The van der Waals surface area contributed by atoms with Crippen molar-refractivity contribution in [1.82, 2.24) is 9.88 Å². The van der Waals surface area contributed by atoms with Crippen LogP contribution in [0.1, 0.15) is 43.2 Å². The number of nitrogens with zero attached hydrogens (tertiary/aromatic N) is 2. The molecule has 1 N–H and O–H groups in total. The molecule has 1 aliphatic rings. The van der Waals surface area contributed by atoms with Gasteiger partial charge in [0.25, 0.3) is 11.8 Å². The lowest BCUT2D eigenvalue weighted by Crippen LogP contribution is -2.32. The molecule has 0 bridgehead atoms. The summed E-state index contributed by atoms with van der Waals surface area (Å²) in [6, 6.07) is 13.2. The van der Waals surface area contributed by atoms with Crippen LogP contribution in [0.3, 0.4) is 0 Å². The molecule has 2 aromatic carbocycles. The molecule has 31 heavy (non-hydrogen) atoms. The molecule has 0 unspecified atom stereocenters. The highest BCUT2D eigenvalue weighted by Gasteiger charge is 2.35. The van der Waals surface area contributed by atoms with Gasteiger partial charge in [0, 0.05) is 24.0 Å². The van der Waals surface area contributed by atoms with Gasteiger partial charge >= 0.3 is 5.97 Å². The number of imide groups is 1. The Hall–Kier alpha value is -4.07. The van der Waals surface area contributed by atoms with Crippen LogP contribution in [0.25, 0.3) is 10.9 Å². The summed E-state index contributed by atoms with van der Waals surface area (Å²) in [5.74, 6) is -1.67. The lowest BCUT2D eigenvalue weighted by atomic mass is 10.1. The fourth-order valence-corrected chi connectivity index (χ4v) is 3.57. The monoisotopic (exact) mass is 417 g/mol. The summed E-state index contributed by atoms with van der Waals surface area (Å²) in [5, 5.41) is 3.39. The second-order valence-electron chi connectivity index (χ2n) is 7.14. The first-order valence-corrected chi connectivity index (χ1v) is 9.64. The summed E-state index contributed by atoms with van der Waals surface area (Å²) in [7, 11) is 1.29. The largest absolute Gasteiger partial charge is 0.465 e. The van der Waals surface area contributed by atoms with Crippen LogP contribution in [-0.4, -0.2) is 47.2 Å². The Bertz CT molecular complexity index is 1220. The second-order valence-corrected chi connectivity index (χ2v) is 7.14. The zero-order valence-electron chi connectivity index (χ0n) is 17.0. The summed E-state index contributed by atoms with van der Waals surface area (Å²) in [4.78, 5) is 54.9. The maximum Gasteiger partial charge on any atom is 0.337 e. The number of aromatic nitrogens is 1. The Morgan fingerprint density at radius 1 is 1.03 bits per heavy atom. The number of aryl methyl sites for hydroxylation is 1. The summed E-state index contributed by atoms with van der Waals surface area (Å²) in [6.07, 6.45) is -0.0645. The first kappa shape index (κ1) is 20.2. The summed E-state index contributed by atoms with van der Waals surface area (Å²) in [5.41, 5.74) is 2.82. The minimum atomic E-state index is -0.495. The Balaban J connectivity index is 1.52. The molecule has 1 aromatic heterocycles. The predicted octanol–water partition coefficient (Wildman–Crippen LogP) is 2.95. The van der Waals surface area contributed by atoms with Gasteiger partial charge < -0.3 is 10.1 Å². The van der Waals surface area contributed by atoms with Crippen molar-refractivity contribution in [3.05, 3.63) is 70.9 Å². The number of methoxy groups -OCH3 is 1. The minimum Gasteiger partial charge on any atom is -0.465 e. The van der Waals surface area contributed by atoms with E-state index in [4.69, 9.17) is 4.74 Å². The van der Waals surface area contributed by atoms with E-state index in [1.54, 1.807) is 55.5 Å². The van der Waals surface area contributed by atoms with E-state index in [-0.39, 0.29) is 18.9 Å². The van der Waals surface area contributed by atoms with Gasteiger partial charge in [0.15, 0.2) is 0 Å². The molecule has 3 aromatic rings. The Morgan fingerprint density at radius 2 is 1.71 bits per heavy atom. The fraction of sp³-hybridized carbons (Fsp3) is 0.174. The number of nitrogens with one attached hydrogen (secondary N) is 1. The van der Waals surface area contributed by atoms with Gasteiger partial charge in [-0.1, -0.05) is 12.1 Å². The van der Waals surface area contributed by atoms with Crippen LogP contribution in [0.2, 0.25) is 0 Å². The number of amides is 3. The molecule has 0 spiro atoms. The molecular formula is C23H19N3O5. The molecule has 4 rings (SSSR count). The summed E-state index contributed by atoms with van der Waals surface area (Å²) >= 11 is 0. The van der Waals surface area contributed by atoms with Gasteiger partial charge in [0.1, 0.15) is 0 Å². The third-order valence-corrected chi connectivity index (χ3v) is 5.07. The van der Waals surface area contributed by atoms with Crippen molar-refractivity contribution in [1.29, 1.82) is 0 Å². The maximum atomic E-state index is 12.6. The van der Waals surface area contributed by atoms with E-state index in [1.807, 2.05) is 0 Å². The van der Waals surface area contributed by atoms with E-state index in [2.05, 4.69) is 10.3 Å². The normalized spacial score (nSPS) is 12.8. The Kier molecular flexibility index (Phi) is 5.21. The number of rotatable bonds is 5. The van der Waals surface area contributed by atoms with Gasteiger partial charge in [0.05, 0.1) is 35.0 Å². The third kappa shape index (κ3) is 3.75. The standard InChI is InChI=1S/C23H19N3O5/c1-13-11-19(17-12-14(23(30)31-2)7-8-18(17)24-13)25-20(27)9-10-26-21(28)15-5-3-4-6-16(15)22(26)29/h3-8,11-12H,9-10H2,1-2H3,(H,24,25,27). The van der Waals surface area contributed by atoms with E-state index in [9.17, 15) is 19.2 Å². The average molecular weight is 417 g/mol. The van der Waals surface area contributed by atoms with Crippen LogP contribution in [0.4, 0.5) is 5.69 Å². The zero-order chi connectivity index (χ0) is 22.1. The van der Waals surface area contributed by atoms with Crippen LogP contribution >= 0.6 is 0 Å². The van der Waals surface area contributed by atoms with Crippen LogP contribution in [0.15, 0.2) is 48.5 Å². The van der Waals surface area contributed by atoms with Gasteiger partial charge in [-0.3, -0.25) is 24.3 Å². The molecule has 0 aliphatic carbocycles. The van der Waals surface area contributed by atoms with Crippen molar-refractivity contribution >= 4 is 40.3 Å². The lowest BCUT2D eigenvalue weighted by Gasteiger charge is -2.14. The highest BCUT2D eigenvalue weighted by molar-refractivity contribution is 6.21. The van der Waals surface area contributed by atoms with Crippen LogP contribution < -0.4 is 5.32 Å². The number of hydrogen-bond acceptors (Lipinski definition) is 6. The first-order valence-electron chi connectivity index (χ1n) is 9.64. The molecule has 0 saturated heterocycles. The highest BCUT2D eigenvalue weighted by atomic mass is 16.5. The number of fused-ring (bicyclic) bond motifs is 2. The quantitative estimate of drug-likeness (QED) is 0.505. The van der Waals surface area contributed by atoms with E-state index in [0.29, 0.717) is 39.0 Å². The second kappa shape index (κ2) is 7.98. The van der Waals surface area contributed by atoms with Gasteiger partial charge in [0.2, 0.25) is 5.91 Å². The number of hydrogen-bond donors (Lipinski definition) is 1. The van der Waals surface area contributed by atoms with Crippen LogP contribution in [0, 0.1) is 6.92 Å². The van der Waals surface area contributed by atoms with Gasteiger partial charge in [-0.15, -0.1) is 0 Å². The number of esters is 1. The smallest absolute Gasteiger partial charge is 0.337 e. The van der Waals surface area contributed by atoms with Crippen LogP contribution in [-0.2, 0) is 9.53 Å². The average Bonchev–Trinajstić information content (AvgIpc) is 3.01. The molecule has 0 saturated carbocycles. The minimum absolute atomic E-state index is 0.0341. The molecule has 1 aliphatic heterocycles. The van der Waals surface area contributed by atoms with E-state index in [1.165, 1.54) is 7.11 Å². The van der Waals surface area contributed by atoms with Crippen molar-refractivity contribution in [2.24, 2.45) is 0 Å². The lowest BCUT2D eigenvalue weighted by molar-refractivity contribution is -0.116. The number of carbonyl (C=O) groups excluding carboxylic acids is 4. The molecule has 2 heterocycles. The van der Waals surface area contributed by atoms with Crippen molar-refractivity contribution in [2.45, 2.75) is 13.3 Å². The molecular weight excluding hydrogens is 398 g/mol. The summed E-state index contributed by atoms with van der Waals surface area (Å²) in [6.45, 7) is 1.76. The van der Waals surface area contributed by atoms with Gasteiger partial charge in [-0.05, 0) is 43.3 Å². The van der Waals surface area contributed by atoms with Gasteiger partial charge in [-0.2, -0.15) is 0 Å². The summed E-state index contributed by atoms with van der Waals surface area (Å²) < 4.78 is 4.76. The number of benzene rings is 2. The maximum absolute atomic E-state index is 12.6. The number of ether oxygens (including phenoxy) is 1. The Morgan fingerprint density at radius 3 is 2.35 bits per heavy atom. The fourth-order valence-electron chi connectivity index (χ4n) is 3.57. The van der Waals surface area contributed by atoms with Crippen LogP contribution in [0.5, 0.6) is 0 Å². The Labute approximate surface area is 177 Å². The molecule has 0 fully saturated rings. The topological polar surface area (TPSA) is 106 Å². The number of carbonyl (C=O) groups is 4. The third-order valence-electron chi connectivity index (χ3n) is 5.07. The van der Waals surface area contributed by atoms with E-state index in [0.717, 1.165) is 4.90 Å². The van der Waals surface area contributed by atoms with E-state index >= 15 is 0 Å². The SMILES string of the molecule is COC(=O)c1ccc2nc(C)cc(NC(=O)CCN3C(=O)c4ccccc4C3=O)c2c1. The van der Waals surface area contributed by atoms with Gasteiger partial charge in [-0.25, -0.2) is 4.79 Å². The van der Waals surface area contributed by atoms with Crippen molar-refractivity contribution in [3.8, 4) is 0 Å². The first-order chi connectivity index (χ1) is 14.9. The molecule has 8 nitrogen and oxygen atoms in total. The molecule has 3 amide bonds. The number of anilines is 1. The molecule has 8 heteroatoms. The predicted molar refractivity (Wildman–Crippen MR) is 113 cm³/mol. The molecule has 0 atom stereocenters. The van der Waals surface area contributed by atoms with Crippen molar-refractivity contribution in [2.75, 3.05) is 19.0 Å². The number of pyridine rings is 1. The van der Waals surface area contributed by atoms with Crippen molar-refractivity contribution < 1.29 is 23.9 Å². The van der Waals surface area contributed by atoms with E-state index < -0.39 is 17.8 Å². The zero-order valence-corrected chi connectivity index (χ0v) is 17.0.